The zero-order chi connectivity index (χ0) is 16.8. The maximum atomic E-state index is 12.5. The van der Waals surface area contributed by atoms with Crippen LogP contribution >= 0.6 is 0 Å². The molecule has 0 aliphatic carbocycles. The van der Waals surface area contributed by atoms with E-state index in [9.17, 15) is 18.0 Å². The summed E-state index contributed by atoms with van der Waals surface area (Å²) in [7, 11) is -1.80. The Hall–Kier alpha value is -1.97. The number of aromatic amines is 2. The van der Waals surface area contributed by atoms with Gasteiger partial charge in [-0.2, -0.15) is 0 Å². The van der Waals surface area contributed by atoms with E-state index < -0.39 is 21.3 Å². The Morgan fingerprint density at radius 1 is 1.22 bits per heavy atom. The average molecular weight is 338 g/mol. The van der Waals surface area contributed by atoms with Gasteiger partial charge in [0.1, 0.15) is 0 Å². The molecular formula is C14H18N4O4S. The van der Waals surface area contributed by atoms with Gasteiger partial charge in [0, 0.05) is 19.1 Å². The van der Waals surface area contributed by atoms with E-state index >= 15 is 0 Å². The van der Waals surface area contributed by atoms with Crippen LogP contribution in [0.1, 0.15) is 6.92 Å². The van der Waals surface area contributed by atoms with Gasteiger partial charge in [-0.25, -0.2) is 17.9 Å². The summed E-state index contributed by atoms with van der Waals surface area (Å²) in [6.45, 7) is 3.46. The van der Waals surface area contributed by atoms with E-state index in [4.69, 9.17) is 0 Å². The molecule has 1 aliphatic rings. The summed E-state index contributed by atoms with van der Waals surface area (Å²) in [5.74, 6) is 0.204. The van der Waals surface area contributed by atoms with E-state index in [2.05, 4.69) is 19.6 Å². The molecule has 1 aliphatic heterocycles. The van der Waals surface area contributed by atoms with Crippen LogP contribution in [0.3, 0.4) is 0 Å². The summed E-state index contributed by atoms with van der Waals surface area (Å²) in [5.41, 5.74) is -0.944. The molecule has 8 nitrogen and oxygen atoms in total. The maximum absolute atomic E-state index is 12.5. The number of fused-ring (bicyclic) bond motifs is 1. The molecule has 1 aromatic carbocycles. The van der Waals surface area contributed by atoms with Crippen LogP contribution in [0.2, 0.25) is 0 Å². The van der Waals surface area contributed by atoms with Crippen LogP contribution in [0.25, 0.3) is 10.9 Å². The van der Waals surface area contributed by atoms with Crippen LogP contribution in [0, 0.1) is 5.92 Å². The van der Waals surface area contributed by atoms with Crippen molar-refractivity contribution in [2.24, 2.45) is 5.92 Å². The Morgan fingerprint density at radius 2 is 1.96 bits per heavy atom. The molecule has 2 atom stereocenters. The molecule has 3 rings (SSSR count). The summed E-state index contributed by atoms with van der Waals surface area (Å²) in [6.07, 6.45) is 0. The van der Waals surface area contributed by atoms with Gasteiger partial charge in [-0.1, -0.05) is 6.92 Å². The Kier molecular flexibility index (Phi) is 3.86. The Bertz CT molecular complexity index is 963. The molecule has 0 unspecified atom stereocenters. The molecule has 0 spiro atoms. The second-order valence-electron chi connectivity index (χ2n) is 6.04. The van der Waals surface area contributed by atoms with Crippen molar-refractivity contribution in [3.05, 3.63) is 39.0 Å². The highest BCUT2D eigenvalue weighted by Crippen LogP contribution is 2.19. The molecule has 2 heterocycles. The van der Waals surface area contributed by atoms with E-state index in [1.165, 1.54) is 18.2 Å². The molecule has 3 N–H and O–H groups in total. The molecule has 0 radical (unpaired) electrons. The van der Waals surface area contributed by atoms with Gasteiger partial charge in [0.2, 0.25) is 10.0 Å². The lowest BCUT2D eigenvalue weighted by Crippen LogP contribution is -2.39. The minimum atomic E-state index is -3.74. The van der Waals surface area contributed by atoms with Crippen molar-refractivity contribution in [3.8, 4) is 0 Å². The predicted molar refractivity (Wildman–Crippen MR) is 86.0 cm³/mol. The fraction of sp³-hybridized carbons (Fsp3) is 0.429. The minimum absolute atomic E-state index is 0.00398. The average Bonchev–Trinajstić information content (AvgIpc) is 2.75. The van der Waals surface area contributed by atoms with Gasteiger partial charge in [-0.15, -0.1) is 0 Å². The summed E-state index contributed by atoms with van der Waals surface area (Å²) in [6, 6.07) is 3.90. The van der Waals surface area contributed by atoms with E-state index in [0.29, 0.717) is 12.1 Å². The molecule has 0 saturated carbocycles. The molecule has 1 saturated heterocycles. The second-order valence-corrected chi connectivity index (χ2v) is 7.76. The van der Waals surface area contributed by atoms with E-state index in [1.807, 2.05) is 14.0 Å². The molecule has 9 heteroatoms. The highest BCUT2D eigenvalue weighted by molar-refractivity contribution is 7.89. The Balaban J connectivity index is 1.98. The minimum Gasteiger partial charge on any atom is -0.307 e. The quantitative estimate of drug-likeness (QED) is 0.694. The number of nitrogens with one attached hydrogen (secondary N) is 3. The lowest BCUT2D eigenvalue weighted by molar-refractivity contribution is 0.400. The van der Waals surface area contributed by atoms with Crippen molar-refractivity contribution in [1.82, 2.24) is 19.6 Å². The standard InChI is InChI=1S/C14H18N4O4S/c1-8-6-18(2)7-12(8)17-23(21,22)9-3-4-11-10(5-9)13(19)16-14(20)15-11/h3-5,8,12,17H,6-7H2,1-2H3,(H2,15,16,19,20)/t8-,12+/m0/s1. The fourth-order valence-electron chi connectivity index (χ4n) is 2.94. The van der Waals surface area contributed by atoms with Crippen LogP contribution in [0.15, 0.2) is 32.7 Å². The second kappa shape index (κ2) is 5.59. The summed E-state index contributed by atoms with van der Waals surface area (Å²) < 4.78 is 27.8. The third-order valence-electron chi connectivity index (χ3n) is 4.12. The third-order valence-corrected chi connectivity index (χ3v) is 5.61. The van der Waals surface area contributed by atoms with Gasteiger partial charge in [0.25, 0.3) is 5.56 Å². The molecule has 1 aromatic heterocycles. The first-order valence-electron chi connectivity index (χ1n) is 7.23. The van der Waals surface area contributed by atoms with Crippen molar-refractivity contribution in [2.45, 2.75) is 17.9 Å². The number of benzene rings is 1. The van der Waals surface area contributed by atoms with Crippen molar-refractivity contribution in [2.75, 3.05) is 20.1 Å². The number of hydrogen-bond donors (Lipinski definition) is 3. The van der Waals surface area contributed by atoms with Gasteiger partial charge < -0.3 is 9.88 Å². The molecule has 1 fully saturated rings. The van der Waals surface area contributed by atoms with Crippen LogP contribution in [-0.2, 0) is 10.0 Å². The van der Waals surface area contributed by atoms with E-state index in [1.54, 1.807) is 0 Å². The summed E-state index contributed by atoms with van der Waals surface area (Å²) in [5, 5.41) is 0.129. The highest BCUT2D eigenvalue weighted by atomic mass is 32.2. The van der Waals surface area contributed by atoms with E-state index in [0.717, 1.165) is 6.54 Å². The van der Waals surface area contributed by atoms with Gasteiger partial charge >= 0.3 is 5.69 Å². The lowest BCUT2D eigenvalue weighted by Gasteiger charge is -2.16. The third kappa shape index (κ3) is 3.07. The van der Waals surface area contributed by atoms with Crippen LogP contribution < -0.4 is 16.0 Å². The number of likely N-dealkylation sites (tertiary alicyclic amines) is 1. The molecule has 0 amide bonds. The number of H-pyrrole nitrogens is 2. The zero-order valence-electron chi connectivity index (χ0n) is 12.8. The molecule has 124 valence electrons. The lowest BCUT2D eigenvalue weighted by atomic mass is 10.1. The monoisotopic (exact) mass is 338 g/mol. The Morgan fingerprint density at radius 3 is 2.61 bits per heavy atom. The first kappa shape index (κ1) is 15.9. The van der Waals surface area contributed by atoms with Crippen molar-refractivity contribution < 1.29 is 8.42 Å². The number of likely N-dealkylation sites (N-methyl/N-ethyl adjacent to an activating group) is 1. The largest absolute Gasteiger partial charge is 0.326 e. The van der Waals surface area contributed by atoms with E-state index in [-0.39, 0.29) is 22.2 Å². The van der Waals surface area contributed by atoms with Gasteiger partial charge in [-0.3, -0.25) is 9.78 Å². The molecule has 2 aromatic rings. The van der Waals surface area contributed by atoms with Crippen molar-refractivity contribution >= 4 is 20.9 Å². The maximum Gasteiger partial charge on any atom is 0.326 e. The smallest absolute Gasteiger partial charge is 0.307 e. The van der Waals surface area contributed by atoms with Crippen molar-refractivity contribution in [3.63, 3.8) is 0 Å². The van der Waals surface area contributed by atoms with Gasteiger partial charge in [0.15, 0.2) is 0 Å². The summed E-state index contributed by atoms with van der Waals surface area (Å²) >= 11 is 0. The molecular weight excluding hydrogens is 320 g/mol. The number of aromatic nitrogens is 2. The van der Waals surface area contributed by atoms with Crippen LogP contribution in [0.5, 0.6) is 0 Å². The van der Waals surface area contributed by atoms with Gasteiger partial charge in [-0.05, 0) is 31.2 Å². The predicted octanol–water partition coefficient (Wildman–Crippen LogP) is -0.555. The number of sulfonamides is 1. The van der Waals surface area contributed by atoms with Crippen molar-refractivity contribution in [1.29, 1.82) is 0 Å². The fourth-order valence-corrected chi connectivity index (χ4v) is 4.30. The number of hydrogen-bond acceptors (Lipinski definition) is 5. The SMILES string of the molecule is C[C@H]1CN(C)C[C@H]1NS(=O)(=O)c1ccc2[nH]c(=O)[nH]c(=O)c2c1. The number of rotatable bonds is 3. The van der Waals surface area contributed by atoms with Crippen LogP contribution in [-0.4, -0.2) is 49.5 Å². The van der Waals surface area contributed by atoms with Crippen LogP contribution in [0.4, 0.5) is 0 Å². The first-order valence-corrected chi connectivity index (χ1v) is 8.72. The summed E-state index contributed by atoms with van der Waals surface area (Å²) in [4.78, 5) is 29.7. The normalized spacial score (nSPS) is 22.7. The number of nitrogens with zero attached hydrogens (tertiary/aromatic N) is 1. The topological polar surface area (TPSA) is 115 Å². The van der Waals surface area contributed by atoms with Gasteiger partial charge in [0.05, 0.1) is 15.8 Å². The molecule has 0 bridgehead atoms. The Labute approximate surface area is 132 Å². The highest BCUT2D eigenvalue weighted by Gasteiger charge is 2.31. The zero-order valence-corrected chi connectivity index (χ0v) is 13.6. The molecule has 23 heavy (non-hydrogen) atoms. The first-order chi connectivity index (χ1) is 10.8.